The van der Waals surface area contributed by atoms with Gasteiger partial charge in [-0.2, -0.15) is 0 Å². The zero-order chi connectivity index (χ0) is 20.4. The Morgan fingerprint density at radius 3 is 2.52 bits per heavy atom. The molecule has 0 unspecified atom stereocenters. The molecule has 0 aliphatic rings. The molecular formula is C19H12N4O5S. The SMILES string of the molecule is O=C(Nc1nc2ccc(NC(=O)c3ccc([N+](=O)[O-])o3)cc2s1)c1ccccc1. The Bertz CT molecular complexity index is 1230. The molecule has 0 saturated carbocycles. The lowest BCUT2D eigenvalue weighted by Gasteiger charge is -2.02. The number of furan rings is 1. The van der Waals surface area contributed by atoms with Gasteiger partial charge in [-0.05, 0) is 36.4 Å². The van der Waals surface area contributed by atoms with Crippen LogP contribution in [0.1, 0.15) is 20.9 Å². The van der Waals surface area contributed by atoms with Crippen LogP contribution in [0.25, 0.3) is 10.2 Å². The minimum absolute atomic E-state index is 0.170. The number of nitro groups is 1. The number of nitrogens with zero attached hydrogens (tertiary/aromatic N) is 2. The van der Waals surface area contributed by atoms with Crippen LogP contribution in [-0.4, -0.2) is 21.7 Å². The predicted octanol–water partition coefficient (Wildman–Crippen LogP) is 4.30. The average molecular weight is 408 g/mol. The van der Waals surface area contributed by atoms with E-state index < -0.39 is 16.7 Å². The standard InChI is InChI=1S/C19H12N4O5S/c24-17(11-4-2-1-3-5-11)22-19-21-13-7-6-12(10-15(13)29-19)20-18(25)14-8-9-16(28-14)23(26)27/h1-10H,(H,20,25)(H,21,22,24). The smallest absolute Gasteiger partial charge is 0.395 e. The van der Waals surface area contributed by atoms with Gasteiger partial charge in [0.05, 0.1) is 16.3 Å². The van der Waals surface area contributed by atoms with Crippen molar-refractivity contribution in [1.82, 2.24) is 4.98 Å². The van der Waals surface area contributed by atoms with Gasteiger partial charge in [0, 0.05) is 11.3 Å². The molecule has 0 bridgehead atoms. The van der Waals surface area contributed by atoms with Crippen molar-refractivity contribution in [2.24, 2.45) is 0 Å². The zero-order valence-electron chi connectivity index (χ0n) is 14.6. The molecule has 0 aliphatic heterocycles. The minimum atomic E-state index is -0.717. The molecule has 4 rings (SSSR count). The number of carbonyl (C=O) groups excluding carboxylic acids is 2. The van der Waals surface area contributed by atoms with Crippen LogP contribution >= 0.6 is 11.3 Å². The van der Waals surface area contributed by atoms with Crippen LogP contribution in [0.5, 0.6) is 0 Å². The molecule has 144 valence electrons. The fourth-order valence-corrected chi connectivity index (χ4v) is 3.46. The van der Waals surface area contributed by atoms with E-state index in [9.17, 15) is 19.7 Å². The molecular weight excluding hydrogens is 396 g/mol. The molecule has 0 fully saturated rings. The number of hydrogen-bond donors (Lipinski definition) is 2. The van der Waals surface area contributed by atoms with E-state index in [1.54, 1.807) is 42.5 Å². The average Bonchev–Trinajstić information content (AvgIpc) is 3.35. The summed E-state index contributed by atoms with van der Waals surface area (Å²) in [6.45, 7) is 0. The van der Waals surface area contributed by atoms with Crippen LogP contribution in [-0.2, 0) is 0 Å². The van der Waals surface area contributed by atoms with Gasteiger partial charge in [0.25, 0.3) is 11.8 Å². The summed E-state index contributed by atoms with van der Waals surface area (Å²) in [6.07, 6.45) is 0. The molecule has 2 aromatic heterocycles. The third kappa shape index (κ3) is 3.96. The Labute approximate surface area is 167 Å². The zero-order valence-corrected chi connectivity index (χ0v) is 15.4. The second-order valence-corrected chi connectivity index (χ2v) is 6.90. The van der Waals surface area contributed by atoms with E-state index in [0.29, 0.717) is 21.9 Å². The number of thiazole rings is 1. The largest absolute Gasteiger partial charge is 0.433 e. The molecule has 0 saturated heterocycles. The summed E-state index contributed by atoms with van der Waals surface area (Å²) in [5.74, 6) is -1.55. The first-order chi connectivity index (χ1) is 14.0. The van der Waals surface area contributed by atoms with Crippen molar-refractivity contribution in [3.63, 3.8) is 0 Å². The summed E-state index contributed by atoms with van der Waals surface area (Å²) in [5.41, 5.74) is 1.64. The normalized spacial score (nSPS) is 10.6. The highest BCUT2D eigenvalue weighted by Gasteiger charge is 2.18. The Hall–Kier alpha value is -4.05. The van der Waals surface area contributed by atoms with Crippen molar-refractivity contribution >= 4 is 50.1 Å². The number of fused-ring (bicyclic) bond motifs is 1. The maximum Gasteiger partial charge on any atom is 0.433 e. The van der Waals surface area contributed by atoms with Crippen molar-refractivity contribution in [3.8, 4) is 0 Å². The number of nitrogens with one attached hydrogen (secondary N) is 2. The topological polar surface area (TPSA) is 127 Å². The van der Waals surface area contributed by atoms with Crippen LogP contribution < -0.4 is 10.6 Å². The van der Waals surface area contributed by atoms with Crippen LogP contribution in [0, 0.1) is 10.1 Å². The molecule has 29 heavy (non-hydrogen) atoms. The fraction of sp³-hybridized carbons (Fsp3) is 0. The maximum absolute atomic E-state index is 12.3. The van der Waals surface area contributed by atoms with Gasteiger partial charge >= 0.3 is 5.88 Å². The molecule has 2 aromatic carbocycles. The monoisotopic (exact) mass is 408 g/mol. The lowest BCUT2D eigenvalue weighted by atomic mass is 10.2. The highest BCUT2D eigenvalue weighted by molar-refractivity contribution is 7.22. The number of aromatic nitrogens is 1. The van der Waals surface area contributed by atoms with Crippen molar-refractivity contribution < 1.29 is 18.9 Å². The first-order valence-corrected chi connectivity index (χ1v) is 9.14. The highest BCUT2D eigenvalue weighted by Crippen LogP contribution is 2.29. The van der Waals surface area contributed by atoms with Gasteiger partial charge in [0.1, 0.15) is 4.92 Å². The van der Waals surface area contributed by atoms with E-state index in [-0.39, 0.29) is 11.7 Å². The van der Waals surface area contributed by atoms with Gasteiger partial charge in [-0.15, -0.1) is 0 Å². The Morgan fingerprint density at radius 1 is 1.00 bits per heavy atom. The molecule has 2 heterocycles. The number of carbonyl (C=O) groups is 2. The van der Waals surface area contributed by atoms with E-state index >= 15 is 0 Å². The van der Waals surface area contributed by atoms with Crippen LogP contribution in [0.3, 0.4) is 0 Å². The van der Waals surface area contributed by atoms with Crippen LogP contribution in [0.15, 0.2) is 65.1 Å². The molecule has 9 nitrogen and oxygen atoms in total. The maximum atomic E-state index is 12.3. The number of amides is 2. The summed E-state index contributed by atoms with van der Waals surface area (Å²) in [6, 6.07) is 16.2. The fourth-order valence-electron chi connectivity index (χ4n) is 2.56. The Balaban J connectivity index is 1.50. The first-order valence-electron chi connectivity index (χ1n) is 8.32. The van der Waals surface area contributed by atoms with Gasteiger partial charge < -0.3 is 9.73 Å². The van der Waals surface area contributed by atoms with E-state index in [1.165, 1.54) is 17.4 Å². The van der Waals surface area contributed by atoms with Gasteiger partial charge in [0.15, 0.2) is 10.9 Å². The molecule has 2 N–H and O–H groups in total. The number of anilines is 2. The summed E-state index contributed by atoms with van der Waals surface area (Å²) in [5, 5.41) is 16.4. The van der Waals surface area contributed by atoms with E-state index in [0.717, 1.165) is 10.8 Å². The Kier molecular flexibility index (Phi) is 4.75. The third-order valence-corrected chi connectivity index (χ3v) is 4.83. The lowest BCUT2D eigenvalue weighted by molar-refractivity contribution is -0.402. The summed E-state index contributed by atoms with van der Waals surface area (Å²) < 4.78 is 5.63. The number of rotatable bonds is 5. The molecule has 0 atom stereocenters. The first kappa shape index (κ1) is 18.3. The van der Waals surface area contributed by atoms with Crippen molar-refractivity contribution in [2.45, 2.75) is 0 Å². The molecule has 0 radical (unpaired) electrons. The van der Waals surface area contributed by atoms with Crippen molar-refractivity contribution in [3.05, 3.63) is 82.1 Å². The molecule has 4 aromatic rings. The Morgan fingerprint density at radius 2 is 1.79 bits per heavy atom. The second kappa shape index (κ2) is 7.52. The van der Waals surface area contributed by atoms with Crippen molar-refractivity contribution in [2.75, 3.05) is 10.6 Å². The third-order valence-electron chi connectivity index (χ3n) is 3.90. The second-order valence-electron chi connectivity index (χ2n) is 5.87. The van der Waals surface area contributed by atoms with Gasteiger partial charge in [-0.1, -0.05) is 29.5 Å². The lowest BCUT2D eigenvalue weighted by Crippen LogP contribution is -2.11. The molecule has 2 amide bonds. The summed E-state index contributed by atoms with van der Waals surface area (Å²) in [4.78, 5) is 38.7. The van der Waals surface area contributed by atoms with Crippen LogP contribution in [0.4, 0.5) is 16.7 Å². The summed E-state index contributed by atoms with van der Waals surface area (Å²) in [7, 11) is 0. The predicted molar refractivity (Wildman–Crippen MR) is 107 cm³/mol. The van der Waals surface area contributed by atoms with Crippen molar-refractivity contribution in [1.29, 1.82) is 0 Å². The molecule has 10 heteroatoms. The van der Waals surface area contributed by atoms with E-state index in [2.05, 4.69) is 15.6 Å². The van der Waals surface area contributed by atoms with Gasteiger partial charge in [0.2, 0.25) is 0 Å². The van der Waals surface area contributed by atoms with Gasteiger partial charge in [-0.3, -0.25) is 25.0 Å². The molecule has 0 spiro atoms. The molecule has 0 aliphatic carbocycles. The van der Waals surface area contributed by atoms with E-state index in [1.807, 2.05) is 6.07 Å². The minimum Gasteiger partial charge on any atom is -0.395 e. The number of benzene rings is 2. The summed E-state index contributed by atoms with van der Waals surface area (Å²) >= 11 is 1.26. The van der Waals surface area contributed by atoms with Crippen LogP contribution in [0.2, 0.25) is 0 Å². The van der Waals surface area contributed by atoms with E-state index in [4.69, 9.17) is 4.42 Å². The highest BCUT2D eigenvalue weighted by atomic mass is 32.1. The number of hydrogen-bond acceptors (Lipinski definition) is 7. The van der Waals surface area contributed by atoms with Gasteiger partial charge in [-0.25, -0.2) is 4.98 Å². The quantitative estimate of drug-likeness (QED) is 0.374.